The Morgan fingerprint density at radius 3 is 2.62 bits per heavy atom. The van der Waals surface area contributed by atoms with Crippen LogP contribution in [0.2, 0.25) is 0 Å². The van der Waals surface area contributed by atoms with Crippen LogP contribution in [0.1, 0.15) is 26.3 Å². The van der Waals surface area contributed by atoms with Gasteiger partial charge in [-0.1, -0.05) is 19.1 Å². The van der Waals surface area contributed by atoms with Gasteiger partial charge >= 0.3 is 0 Å². The van der Waals surface area contributed by atoms with Gasteiger partial charge in [0, 0.05) is 27.6 Å². The zero-order valence-electron chi connectivity index (χ0n) is 9.52. The maximum absolute atomic E-state index is 4.45. The molecule has 0 fully saturated rings. The van der Waals surface area contributed by atoms with Crippen molar-refractivity contribution in [1.82, 2.24) is 9.55 Å². The molecule has 1 aromatic carbocycles. The van der Waals surface area contributed by atoms with Crippen molar-refractivity contribution in [2.75, 3.05) is 0 Å². The van der Waals surface area contributed by atoms with Crippen LogP contribution in [0.4, 0.5) is 0 Å². The van der Waals surface area contributed by atoms with Gasteiger partial charge in [0.2, 0.25) is 0 Å². The Bertz CT molecular complexity index is 459. The van der Waals surface area contributed by atoms with Crippen LogP contribution in [-0.4, -0.2) is 9.55 Å². The average Bonchev–Trinajstić information content (AvgIpc) is 2.78. The fourth-order valence-corrected chi connectivity index (χ4v) is 2.05. The lowest BCUT2D eigenvalue weighted by molar-refractivity contribution is 0.536. The van der Waals surface area contributed by atoms with E-state index in [4.69, 9.17) is 0 Å². The molecule has 0 bridgehead atoms. The highest BCUT2D eigenvalue weighted by Gasteiger charge is 2.09. The van der Waals surface area contributed by atoms with Crippen LogP contribution in [0.3, 0.4) is 0 Å². The van der Waals surface area contributed by atoms with E-state index in [1.165, 1.54) is 9.13 Å². The van der Waals surface area contributed by atoms with E-state index in [1.54, 1.807) is 0 Å². The van der Waals surface area contributed by atoms with Crippen LogP contribution in [0.15, 0.2) is 36.7 Å². The lowest BCUT2D eigenvalue weighted by Gasteiger charge is -2.14. The number of benzene rings is 1. The van der Waals surface area contributed by atoms with Gasteiger partial charge in [-0.3, -0.25) is 0 Å². The van der Waals surface area contributed by atoms with Crippen LogP contribution in [0.25, 0.3) is 11.4 Å². The Morgan fingerprint density at radius 2 is 2.00 bits per heavy atom. The number of nitrogens with zero attached hydrogens (tertiary/aromatic N) is 2. The van der Waals surface area contributed by atoms with E-state index in [0.717, 1.165) is 12.2 Å². The number of hydrogen-bond acceptors (Lipinski definition) is 1. The van der Waals surface area contributed by atoms with Gasteiger partial charge in [0.1, 0.15) is 5.82 Å². The first kappa shape index (κ1) is 11.6. The molecule has 2 nitrogen and oxygen atoms in total. The zero-order chi connectivity index (χ0) is 11.5. The van der Waals surface area contributed by atoms with Gasteiger partial charge < -0.3 is 4.57 Å². The minimum atomic E-state index is 0.497. The van der Waals surface area contributed by atoms with Crippen LogP contribution in [-0.2, 0) is 0 Å². The topological polar surface area (TPSA) is 17.8 Å². The summed E-state index contributed by atoms with van der Waals surface area (Å²) in [5, 5.41) is 0. The smallest absolute Gasteiger partial charge is 0.140 e. The van der Waals surface area contributed by atoms with E-state index in [1.807, 2.05) is 6.20 Å². The molecule has 0 saturated heterocycles. The summed E-state index contributed by atoms with van der Waals surface area (Å²) in [4.78, 5) is 4.45. The molecule has 0 spiro atoms. The van der Waals surface area contributed by atoms with Crippen LogP contribution < -0.4 is 0 Å². The fourth-order valence-electron chi connectivity index (χ4n) is 1.69. The van der Waals surface area contributed by atoms with Crippen molar-refractivity contribution in [3.63, 3.8) is 0 Å². The molecule has 0 aliphatic carbocycles. The monoisotopic (exact) mass is 326 g/mol. The molecule has 16 heavy (non-hydrogen) atoms. The third-order valence-electron chi connectivity index (χ3n) is 2.84. The molecular weight excluding hydrogens is 311 g/mol. The Morgan fingerprint density at radius 1 is 1.31 bits per heavy atom. The average molecular weight is 326 g/mol. The third-order valence-corrected chi connectivity index (χ3v) is 3.56. The Kier molecular flexibility index (Phi) is 3.63. The molecule has 0 saturated carbocycles. The molecule has 1 unspecified atom stereocenters. The maximum Gasteiger partial charge on any atom is 0.140 e. The second-order valence-corrected chi connectivity index (χ2v) is 5.17. The van der Waals surface area contributed by atoms with Gasteiger partial charge in [-0.2, -0.15) is 0 Å². The van der Waals surface area contributed by atoms with Crippen molar-refractivity contribution in [3.05, 3.63) is 40.2 Å². The predicted molar refractivity (Wildman–Crippen MR) is 75.4 cm³/mol. The van der Waals surface area contributed by atoms with Gasteiger partial charge in [-0.05, 0) is 48.1 Å². The second kappa shape index (κ2) is 4.99. The molecule has 0 radical (unpaired) electrons. The summed E-state index contributed by atoms with van der Waals surface area (Å²) >= 11 is 2.32. The number of aromatic nitrogens is 2. The van der Waals surface area contributed by atoms with Crippen LogP contribution in [0, 0.1) is 3.57 Å². The van der Waals surface area contributed by atoms with Crippen LogP contribution in [0.5, 0.6) is 0 Å². The molecule has 0 amide bonds. The normalized spacial score (nSPS) is 12.7. The van der Waals surface area contributed by atoms with E-state index >= 15 is 0 Å². The minimum absolute atomic E-state index is 0.497. The number of hydrogen-bond donors (Lipinski definition) is 0. The summed E-state index contributed by atoms with van der Waals surface area (Å²) in [6, 6.07) is 8.99. The predicted octanol–water partition coefficient (Wildman–Crippen LogP) is 4.13. The molecule has 0 aliphatic heterocycles. The van der Waals surface area contributed by atoms with E-state index in [0.29, 0.717) is 6.04 Å². The molecule has 0 aliphatic rings. The SMILES string of the molecule is CCC(C)n1ccnc1-c1ccc(I)cc1. The Labute approximate surface area is 110 Å². The molecule has 2 aromatic rings. The standard InChI is InChI=1S/C13H15IN2/c1-3-10(2)16-9-8-15-13(16)11-4-6-12(14)7-5-11/h4-10H,3H2,1-2H3. The van der Waals surface area contributed by atoms with Crippen molar-refractivity contribution in [1.29, 1.82) is 0 Å². The number of imidazole rings is 1. The van der Waals surface area contributed by atoms with Crippen molar-refractivity contribution in [3.8, 4) is 11.4 Å². The fraction of sp³-hybridized carbons (Fsp3) is 0.308. The summed E-state index contributed by atoms with van der Waals surface area (Å²) in [7, 11) is 0. The third kappa shape index (κ3) is 2.29. The van der Waals surface area contributed by atoms with E-state index in [-0.39, 0.29) is 0 Å². The maximum atomic E-state index is 4.45. The second-order valence-electron chi connectivity index (χ2n) is 3.92. The molecule has 3 heteroatoms. The zero-order valence-corrected chi connectivity index (χ0v) is 11.7. The molecule has 0 N–H and O–H groups in total. The highest BCUT2D eigenvalue weighted by Crippen LogP contribution is 2.23. The molecule has 2 rings (SSSR count). The first-order valence-electron chi connectivity index (χ1n) is 5.51. The van der Waals surface area contributed by atoms with E-state index < -0.39 is 0 Å². The molecule has 1 atom stereocenters. The van der Waals surface area contributed by atoms with Gasteiger partial charge in [0.05, 0.1) is 0 Å². The first-order chi connectivity index (χ1) is 7.72. The highest BCUT2D eigenvalue weighted by molar-refractivity contribution is 14.1. The summed E-state index contributed by atoms with van der Waals surface area (Å²) in [5.74, 6) is 1.06. The lowest BCUT2D eigenvalue weighted by Crippen LogP contribution is -2.04. The largest absolute Gasteiger partial charge is 0.328 e. The molecule has 1 aromatic heterocycles. The summed E-state index contributed by atoms with van der Waals surface area (Å²) < 4.78 is 3.49. The summed E-state index contributed by atoms with van der Waals surface area (Å²) in [6.07, 6.45) is 5.05. The van der Waals surface area contributed by atoms with Crippen molar-refractivity contribution >= 4 is 22.6 Å². The lowest BCUT2D eigenvalue weighted by atomic mass is 10.2. The van der Waals surface area contributed by atoms with Gasteiger partial charge in [0.15, 0.2) is 0 Å². The van der Waals surface area contributed by atoms with Crippen molar-refractivity contribution in [2.24, 2.45) is 0 Å². The van der Waals surface area contributed by atoms with Gasteiger partial charge in [-0.25, -0.2) is 4.98 Å². The van der Waals surface area contributed by atoms with Crippen molar-refractivity contribution in [2.45, 2.75) is 26.3 Å². The Balaban J connectivity index is 2.40. The van der Waals surface area contributed by atoms with E-state index in [2.05, 4.69) is 76.5 Å². The molecule has 84 valence electrons. The highest BCUT2D eigenvalue weighted by atomic mass is 127. The first-order valence-corrected chi connectivity index (χ1v) is 6.59. The van der Waals surface area contributed by atoms with Crippen molar-refractivity contribution < 1.29 is 0 Å². The number of halogens is 1. The van der Waals surface area contributed by atoms with Crippen LogP contribution >= 0.6 is 22.6 Å². The Hall–Kier alpha value is -0.840. The van der Waals surface area contributed by atoms with Gasteiger partial charge in [-0.15, -0.1) is 0 Å². The molecular formula is C13H15IN2. The minimum Gasteiger partial charge on any atom is -0.328 e. The molecule has 1 heterocycles. The van der Waals surface area contributed by atoms with Gasteiger partial charge in [0.25, 0.3) is 0 Å². The summed E-state index contributed by atoms with van der Waals surface area (Å²) in [6.45, 7) is 4.42. The van der Waals surface area contributed by atoms with E-state index in [9.17, 15) is 0 Å². The quantitative estimate of drug-likeness (QED) is 0.776. The summed E-state index contributed by atoms with van der Waals surface area (Å²) in [5.41, 5.74) is 1.19. The number of rotatable bonds is 3.